The summed E-state index contributed by atoms with van der Waals surface area (Å²) in [6.07, 6.45) is 5.38. The average Bonchev–Trinajstić information content (AvgIpc) is 2.25. The zero-order valence-corrected chi connectivity index (χ0v) is 11.5. The molecule has 0 amide bonds. The van der Waals surface area contributed by atoms with Crippen LogP contribution in [0, 0.1) is 29.1 Å². The minimum atomic E-state index is -0.743. The van der Waals surface area contributed by atoms with Gasteiger partial charge in [0.15, 0.2) is 0 Å². The van der Waals surface area contributed by atoms with Gasteiger partial charge in [-0.2, -0.15) is 0 Å². The number of aliphatic hydroxyl groups excluding tert-OH is 1. The molecule has 102 valence electrons. The molecule has 2 N–H and O–H groups in total. The molecule has 3 heteroatoms. The minimum absolute atomic E-state index is 0.00350. The van der Waals surface area contributed by atoms with E-state index in [1.807, 2.05) is 6.92 Å². The number of carbonyl (C=O) groups is 1. The summed E-state index contributed by atoms with van der Waals surface area (Å²) in [4.78, 5) is 11.6. The van der Waals surface area contributed by atoms with Gasteiger partial charge in [-0.25, -0.2) is 0 Å². The van der Waals surface area contributed by atoms with Gasteiger partial charge >= 0.3 is 5.97 Å². The van der Waals surface area contributed by atoms with Gasteiger partial charge in [0.2, 0.25) is 0 Å². The number of allylic oxidation sites excluding steroid dienone is 1. The molecule has 1 fully saturated rings. The Bertz CT molecular complexity index is 374. The highest BCUT2D eigenvalue weighted by Gasteiger charge is 2.50. The second kappa shape index (κ2) is 4.69. The van der Waals surface area contributed by atoms with E-state index in [-0.39, 0.29) is 23.9 Å². The van der Waals surface area contributed by atoms with Crippen LogP contribution < -0.4 is 0 Å². The molecule has 0 aromatic rings. The molecule has 1 saturated carbocycles. The second-order valence-corrected chi connectivity index (χ2v) is 6.54. The molecule has 0 bridgehead atoms. The Labute approximate surface area is 109 Å². The van der Waals surface area contributed by atoms with Crippen LogP contribution in [-0.4, -0.2) is 22.8 Å². The topological polar surface area (TPSA) is 57.5 Å². The molecule has 0 aliphatic heterocycles. The summed E-state index contributed by atoms with van der Waals surface area (Å²) in [6.45, 7) is 6.36. The molecular formula is C15H24O3. The van der Waals surface area contributed by atoms with Crippen molar-refractivity contribution in [2.45, 2.75) is 40.0 Å². The second-order valence-electron chi connectivity index (χ2n) is 6.54. The first-order valence-electron chi connectivity index (χ1n) is 6.92. The van der Waals surface area contributed by atoms with Crippen LogP contribution in [0.5, 0.6) is 0 Å². The number of rotatable bonds is 2. The molecule has 0 spiro atoms. The van der Waals surface area contributed by atoms with E-state index in [9.17, 15) is 15.0 Å². The van der Waals surface area contributed by atoms with Gasteiger partial charge < -0.3 is 10.2 Å². The molecule has 0 aromatic carbocycles. The standard InChI is InChI=1S/C15H24O3/c1-9-4-5-12-13(14(17)18)11(8-16)10(2)7-15(12,3)6-9/h7,9,11-13,16H,4-6,8H2,1-3H3,(H,17,18)/t9-,11+,12+,13-,15-/m0/s1. The van der Waals surface area contributed by atoms with Crippen LogP contribution in [0.2, 0.25) is 0 Å². The van der Waals surface area contributed by atoms with Crippen molar-refractivity contribution >= 4 is 5.97 Å². The molecule has 5 atom stereocenters. The van der Waals surface area contributed by atoms with Crippen LogP contribution in [0.15, 0.2) is 11.6 Å². The third-order valence-electron chi connectivity index (χ3n) is 5.10. The molecule has 3 nitrogen and oxygen atoms in total. The fourth-order valence-corrected chi connectivity index (χ4v) is 4.35. The summed E-state index contributed by atoms with van der Waals surface area (Å²) in [5, 5.41) is 19.0. The number of carboxylic acids is 1. The normalized spacial score (nSPS) is 44.1. The number of hydrogen-bond acceptors (Lipinski definition) is 2. The predicted octanol–water partition coefficient (Wildman–Crippen LogP) is 2.70. The largest absolute Gasteiger partial charge is 0.481 e. The average molecular weight is 252 g/mol. The summed E-state index contributed by atoms with van der Waals surface area (Å²) >= 11 is 0. The zero-order chi connectivity index (χ0) is 13.5. The van der Waals surface area contributed by atoms with E-state index in [0.29, 0.717) is 5.92 Å². The maximum absolute atomic E-state index is 11.6. The third kappa shape index (κ3) is 2.09. The summed E-state index contributed by atoms with van der Waals surface area (Å²) in [7, 11) is 0. The molecule has 2 aliphatic carbocycles. The van der Waals surface area contributed by atoms with Crippen LogP contribution in [0.3, 0.4) is 0 Å². The van der Waals surface area contributed by atoms with E-state index in [2.05, 4.69) is 19.9 Å². The van der Waals surface area contributed by atoms with Gasteiger partial charge in [-0.05, 0) is 37.0 Å². The first-order chi connectivity index (χ1) is 8.39. The number of aliphatic carboxylic acids is 1. The van der Waals surface area contributed by atoms with Gasteiger partial charge in [0, 0.05) is 5.92 Å². The van der Waals surface area contributed by atoms with Crippen LogP contribution in [0.25, 0.3) is 0 Å². The number of fused-ring (bicyclic) bond motifs is 1. The van der Waals surface area contributed by atoms with Gasteiger partial charge in [0.25, 0.3) is 0 Å². The monoisotopic (exact) mass is 252 g/mol. The quantitative estimate of drug-likeness (QED) is 0.743. The lowest BCUT2D eigenvalue weighted by molar-refractivity contribution is -0.150. The lowest BCUT2D eigenvalue weighted by Gasteiger charge is -2.50. The Kier molecular flexibility index (Phi) is 3.54. The third-order valence-corrected chi connectivity index (χ3v) is 5.10. The van der Waals surface area contributed by atoms with E-state index in [1.165, 1.54) is 0 Å². The molecular weight excluding hydrogens is 228 g/mol. The summed E-state index contributed by atoms with van der Waals surface area (Å²) in [5.41, 5.74) is 1.05. The van der Waals surface area contributed by atoms with Crippen LogP contribution in [0.4, 0.5) is 0 Å². The highest BCUT2D eigenvalue weighted by molar-refractivity contribution is 5.72. The molecule has 0 radical (unpaired) electrons. The van der Waals surface area contributed by atoms with Gasteiger partial charge in [-0.15, -0.1) is 0 Å². The van der Waals surface area contributed by atoms with Gasteiger partial charge in [-0.3, -0.25) is 4.79 Å². The SMILES string of the molecule is CC1=C[C@]2(C)C[C@@H](C)CC[C@@H]2[C@@H](C(=O)O)[C@@H]1CO. The van der Waals surface area contributed by atoms with Crippen molar-refractivity contribution in [3.8, 4) is 0 Å². The van der Waals surface area contributed by atoms with Crippen molar-refractivity contribution in [1.29, 1.82) is 0 Å². The summed E-state index contributed by atoms with van der Waals surface area (Å²) in [5.74, 6) is -0.527. The van der Waals surface area contributed by atoms with Crippen LogP contribution in [0.1, 0.15) is 40.0 Å². The Hall–Kier alpha value is -0.830. The summed E-state index contributed by atoms with van der Waals surface area (Å²) < 4.78 is 0. The Morgan fingerprint density at radius 1 is 1.50 bits per heavy atom. The molecule has 0 heterocycles. The van der Waals surface area contributed by atoms with Crippen molar-refractivity contribution < 1.29 is 15.0 Å². The maximum atomic E-state index is 11.6. The fourth-order valence-electron chi connectivity index (χ4n) is 4.35. The maximum Gasteiger partial charge on any atom is 0.307 e. The lowest BCUT2D eigenvalue weighted by atomic mass is 9.54. The molecule has 0 saturated heterocycles. The number of aliphatic hydroxyl groups is 1. The van der Waals surface area contributed by atoms with Crippen LogP contribution >= 0.6 is 0 Å². The molecule has 2 rings (SSSR count). The van der Waals surface area contributed by atoms with Crippen molar-refractivity contribution in [2.24, 2.45) is 29.1 Å². The van der Waals surface area contributed by atoms with E-state index >= 15 is 0 Å². The number of hydrogen-bond donors (Lipinski definition) is 2. The Morgan fingerprint density at radius 3 is 2.72 bits per heavy atom. The fraction of sp³-hybridized carbons (Fsp3) is 0.800. The minimum Gasteiger partial charge on any atom is -0.481 e. The smallest absolute Gasteiger partial charge is 0.307 e. The van der Waals surface area contributed by atoms with Crippen molar-refractivity contribution in [3.05, 3.63) is 11.6 Å². The first-order valence-corrected chi connectivity index (χ1v) is 6.92. The van der Waals surface area contributed by atoms with Crippen molar-refractivity contribution in [2.75, 3.05) is 6.61 Å². The predicted molar refractivity (Wildman–Crippen MR) is 70.1 cm³/mol. The van der Waals surface area contributed by atoms with E-state index in [1.54, 1.807) is 0 Å². The first kappa shape index (κ1) is 13.6. The molecule has 2 aliphatic rings. The van der Waals surface area contributed by atoms with E-state index < -0.39 is 11.9 Å². The highest BCUT2D eigenvalue weighted by Crippen LogP contribution is 2.54. The van der Waals surface area contributed by atoms with E-state index in [4.69, 9.17) is 0 Å². The molecule has 0 unspecified atom stereocenters. The van der Waals surface area contributed by atoms with Gasteiger partial charge in [0.1, 0.15) is 0 Å². The van der Waals surface area contributed by atoms with E-state index in [0.717, 1.165) is 24.8 Å². The van der Waals surface area contributed by atoms with Crippen LogP contribution in [-0.2, 0) is 4.79 Å². The molecule has 0 aromatic heterocycles. The van der Waals surface area contributed by atoms with Gasteiger partial charge in [0.05, 0.1) is 12.5 Å². The van der Waals surface area contributed by atoms with Crippen molar-refractivity contribution in [1.82, 2.24) is 0 Å². The summed E-state index contributed by atoms with van der Waals surface area (Å²) in [6, 6.07) is 0. The number of carboxylic acid groups (broad SMARTS) is 1. The molecule has 18 heavy (non-hydrogen) atoms. The highest BCUT2D eigenvalue weighted by atomic mass is 16.4. The van der Waals surface area contributed by atoms with Crippen molar-refractivity contribution in [3.63, 3.8) is 0 Å². The Morgan fingerprint density at radius 2 is 2.17 bits per heavy atom. The van der Waals surface area contributed by atoms with Gasteiger partial charge in [-0.1, -0.05) is 31.9 Å². The lowest BCUT2D eigenvalue weighted by Crippen LogP contribution is -2.47. The zero-order valence-electron chi connectivity index (χ0n) is 11.5. The Balaban J connectivity index is 2.42.